The molecule has 0 unspecified atom stereocenters. The first kappa shape index (κ1) is 26.6. The molecule has 0 amide bonds. The number of benzene rings is 7. The van der Waals surface area contributed by atoms with Crippen LogP contribution in [0.3, 0.4) is 0 Å². The van der Waals surface area contributed by atoms with E-state index in [0.717, 1.165) is 6.42 Å². The van der Waals surface area contributed by atoms with Gasteiger partial charge in [-0.05, 0) is 75.2 Å². The molecule has 0 saturated carbocycles. The summed E-state index contributed by atoms with van der Waals surface area (Å²) >= 11 is 1.92. The van der Waals surface area contributed by atoms with Gasteiger partial charge in [-0.3, -0.25) is 0 Å². The lowest BCUT2D eigenvalue weighted by molar-refractivity contribution is 0.723. The van der Waals surface area contributed by atoms with Crippen molar-refractivity contribution in [3.05, 3.63) is 185 Å². The molecule has 0 saturated heterocycles. The summed E-state index contributed by atoms with van der Waals surface area (Å²) in [6, 6.07) is 56.3. The van der Waals surface area contributed by atoms with Crippen LogP contribution in [0.1, 0.15) is 39.4 Å². The van der Waals surface area contributed by atoms with Crippen LogP contribution >= 0.6 is 11.3 Å². The van der Waals surface area contributed by atoms with E-state index in [1.165, 1.54) is 92.2 Å². The molecule has 1 aliphatic heterocycles. The molecule has 0 fully saturated rings. The molecule has 2 nitrogen and oxygen atoms in total. The quantitative estimate of drug-likeness (QED) is 0.207. The van der Waals surface area contributed by atoms with E-state index in [9.17, 15) is 0 Å². The first-order valence-corrected chi connectivity index (χ1v) is 17.6. The van der Waals surface area contributed by atoms with Crippen LogP contribution in [-0.2, 0) is 11.8 Å². The largest absolute Gasteiger partial charge is 0.324 e. The van der Waals surface area contributed by atoms with E-state index in [0.29, 0.717) is 0 Å². The van der Waals surface area contributed by atoms with E-state index >= 15 is 0 Å². The Kier molecular flexibility index (Phi) is 5.28. The molecule has 2 aliphatic rings. The van der Waals surface area contributed by atoms with Gasteiger partial charge in [-0.15, -0.1) is 11.3 Å². The second-order valence-electron chi connectivity index (χ2n) is 13.4. The minimum Gasteiger partial charge on any atom is -0.324 e. The van der Waals surface area contributed by atoms with Crippen LogP contribution in [0.25, 0.3) is 58.8 Å². The maximum Gasteiger partial charge on any atom is 0.0754 e. The van der Waals surface area contributed by atoms with Crippen molar-refractivity contribution in [2.24, 2.45) is 5.73 Å². The lowest BCUT2D eigenvalue weighted by atomic mass is 9.65. The molecule has 1 aliphatic carbocycles. The number of para-hydroxylation sites is 2. The Morgan fingerprint density at radius 1 is 0.583 bits per heavy atom. The molecule has 9 aromatic rings. The second-order valence-corrected chi connectivity index (χ2v) is 14.4. The smallest absolute Gasteiger partial charge is 0.0754 e. The Labute approximate surface area is 282 Å². The zero-order valence-electron chi connectivity index (χ0n) is 26.2. The number of thiophene rings is 1. The summed E-state index contributed by atoms with van der Waals surface area (Å²) < 4.78 is 5.19. The maximum atomic E-state index is 6.85. The average molecular weight is 631 g/mol. The Morgan fingerprint density at radius 3 is 2.04 bits per heavy atom. The molecule has 3 heterocycles. The van der Waals surface area contributed by atoms with Gasteiger partial charge in [0.15, 0.2) is 0 Å². The third kappa shape index (κ3) is 3.25. The number of aromatic nitrogens is 1. The van der Waals surface area contributed by atoms with Crippen molar-refractivity contribution in [3.63, 3.8) is 0 Å². The van der Waals surface area contributed by atoms with Crippen molar-refractivity contribution >= 4 is 53.3 Å². The average Bonchev–Trinajstić information content (AvgIpc) is 3.78. The summed E-state index contributed by atoms with van der Waals surface area (Å²) in [6.45, 7) is 0. The lowest BCUT2D eigenvalue weighted by Crippen LogP contribution is -2.33. The van der Waals surface area contributed by atoms with Crippen molar-refractivity contribution in [2.45, 2.75) is 17.9 Å². The Bertz CT molecular complexity index is 2740. The summed E-state index contributed by atoms with van der Waals surface area (Å²) in [6.07, 6.45) is 0.818. The highest BCUT2D eigenvalue weighted by Gasteiger charge is 2.51. The van der Waals surface area contributed by atoms with E-state index < -0.39 is 5.41 Å². The first-order chi connectivity index (χ1) is 23.7. The zero-order chi connectivity index (χ0) is 31.6. The standard InChI is InChI=1S/C45H30N2S/c46-38(24-27-12-2-1-3-13-27)28-22-23-31-33-26-37-43-42(44(33)48-41(31)25-28)32-16-6-10-20-39(32)47(43)40-21-11-9-19-36(40)45(37)34-17-7-4-14-29(34)30-15-5-8-18-35(30)45/h1-23,25-26,38H,24,46H2/t38-/m1/s1. The highest BCUT2D eigenvalue weighted by atomic mass is 32.1. The highest BCUT2D eigenvalue weighted by molar-refractivity contribution is 7.26. The SMILES string of the molecule is N[C@H](Cc1ccccc1)c1ccc2c(c1)sc1c2cc2c3c1c1ccccc1n3-c1ccccc1C21c2ccccc2-c2ccccc21. The first-order valence-electron chi connectivity index (χ1n) is 16.7. The molecule has 3 heteroatoms. The molecule has 1 spiro atoms. The normalized spacial score (nSPS) is 14.5. The van der Waals surface area contributed by atoms with Crippen molar-refractivity contribution in [2.75, 3.05) is 0 Å². The van der Waals surface area contributed by atoms with Gasteiger partial charge in [0.2, 0.25) is 0 Å². The molecule has 2 N–H and O–H groups in total. The second kappa shape index (κ2) is 9.54. The van der Waals surface area contributed by atoms with E-state index in [-0.39, 0.29) is 6.04 Å². The van der Waals surface area contributed by atoms with Gasteiger partial charge in [-0.2, -0.15) is 0 Å². The summed E-state index contributed by atoms with van der Waals surface area (Å²) in [5, 5.41) is 5.28. The van der Waals surface area contributed by atoms with Crippen LogP contribution in [0.2, 0.25) is 0 Å². The van der Waals surface area contributed by atoms with Crippen LogP contribution in [0.4, 0.5) is 0 Å². The molecule has 0 radical (unpaired) electrons. The number of nitrogens with zero attached hydrogens (tertiary/aromatic N) is 1. The van der Waals surface area contributed by atoms with Crippen molar-refractivity contribution in [3.8, 4) is 16.8 Å². The Morgan fingerprint density at radius 2 is 1.25 bits per heavy atom. The fourth-order valence-corrected chi connectivity index (χ4v) is 10.4. The summed E-state index contributed by atoms with van der Waals surface area (Å²) in [4.78, 5) is 0. The number of fused-ring (bicyclic) bond motifs is 16. The Hall–Kier alpha value is -5.48. The van der Waals surface area contributed by atoms with Crippen molar-refractivity contribution < 1.29 is 0 Å². The van der Waals surface area contributed by atoms with Gasteiger partial charge in [0.25, 0.3) is 0 Å². The predicted octanol–water partition coefficient (Wildman–Crippen LogP) is 11.1. The summed E-state index contributed by atoms with van der Waals surface area (Å²) in [5.41, 5.74) is 20.8. The molecule has 48 heavy (non-hydrogen) atoms. The summed E-state index contributed by atoms with van der Waals surface area (Å²) in [5.74, 6) is 0. The minimum atomic E-state index is -0.438. The third-order valence-corrected chi connectivity index (χ3v) is 12.2. The van der Waals surface area contributed by atoms with E-state index in [1.807, 2.05) is 11.3 Å². The number of rotatable bonds is 3. The summed E-state index contributed by atoms with van der Waals surface area (Å²) in [7, 11) is 0. The lowest BCUT2D eigenvalue weighted by Gasteiger charge is -2.39. The van der Waals surface area contributed by atoms with Crippen molar-refractivity contribution in [1.29, 1.82) is 0 Å². The van der Waals surface area contributed by atoms with Crippen LogP contribution in [0, 0.1) is 0 Å². The topological polar surface area (TPSA) is 30.9 Å². The molecule has 7 aromatic carbocycles. The zero-order valence-corrected chi connectivity index (χ0v) is 27.0. The van der Waals surface area contributed by atoms with Crippen LogP contribution < -0.4 is 5.73 Å². The maximum absolute atomic E-state index is 6.85. The van der Waals surface area contributed by atoms with Gasteiger partial charge in [-0.1, -0.05) is 127 Å². The fourth-order valence-electron chi connectivity index (χ4n) is 9.10. The molecule has 11 rings (SSSR count). The van der Waals surface area contributed by atoms with Gasteiger partial charge in [0.1, 0.15) is 0 Å². The van der Waals surface area contributed by atoms with Crippen LogP contribution in [-0.4, -0.2) is 4.57 Å². The predicted molar refractivity (Wildman–Crippen MR) is 202 cm³/mol. The van der Waals surface area contributed by atoms with Gasteiger partial charge in [-0.25, -0.2) is 0 Å². The van der Waals surface area contributed by atoms with Gasteiger partial charge >= 0.3 is 0 Å². The Balaban J connectivity index is 1.28. The third-order valence-electron chi connectivity index (χ3n) is 11.0. The molecule has 2 aromatic heterocycles. The molecule has 1 atom stereocenters. The fraction of sp³-hybridized carbons (Fsp3) is 0.0667. The molecule has 226 valence electrons. The highest BCUT2D eigenvalue weighted by Crippen LogP contribution is 2.62. The van der Waals surface area contributed by atoms with E-state index in [4.69, 9.17) is 5.73 Å². The van der Waals surface area contributed by atoms with Crippen LogP contribution in [0.5, 0.6) is 0 Å². The molecular formula is C45H30N2S. The number of nitrogens with two attached hydrogens (primary N) is 1. The van der Waals surface area contributed by atoms with E-state index in [2.05, 4.69) is 156 Å². The van der Waals surface area contributed by atoms with Crippen molar-refractivity contribution in [1.82, 2.24) is 4.57 Å². The minimum absolute atomic E-state index is 0.0640. The van der Waals surface area contributed by atoms with Gasteiger partial charge in [0.05, 0.1) is 22.1 Å². The van der Waals surface area contributed by atoms with Gasteiger partial charge in [0, 0.05) is 37.0 Å². The van der Waals surface area contributed by atoms with Gasteiger partial charge < -0.3 is 10.3 Å². The number of hydrogen-bond acceptors (Lipinski definition) is 2. The number of hydrogen-bond donors (Lipinski definition) is 1. The van der Waals surface area contributed by atoms with Crippen LogP contribution in [0.15, 0.2) is 152 Å². The molecule has 0 bridgehead atoms. The molecular weight excluding hydrogens is 601 g/mol. The monoisotopic (exact) mass is 630 g/mol. The van der Waals surface area contributed by atoms with E-state index in [1.54, 1.807) is 0 Å².